The van der Waals surface area contributed by atoms with E-state index >= 15 is 0 Å². The van der Waals surface area contributed by atoms with Crippen LogP contribution in [0.2, 0.25) is 0 Å². The zero-order chi connectivity index (χ0) is 14.0. The molecule has 1 aromatic rings. The first kappa shape index (κ1) is 14.7. The van der Waals surface area contributed by atoms with Crippen molar-refractivity contribution in [2.75, 3.05) is 25.5 Å². The molecule has 0 amide bonds. The Balaban J connectivity index is 2.38. The Hall–Kier alpha value is -0.660. The minimum Gasteiger partial charge on any atom is -0.372 e. The number of nitrogens with zero attached hydrogens (tertiary/aromatic N) is 2. The summed E-state index contributed by atoms with van der Waals surface area (Å²) in [6.45, 7) is 2.95. The third-order valence-corrected chi connectivity index (χ3v) is 5.57. The molecule has 0 spiro atoms. The predicted molar refractivity (Wildman–Crippen MR) is 78.6 cm³/mol. The Morgan fingerprint density at radius 3 is 2.74 bits per heavy atom. The Kier molecular flexibility index (Phi) is 4.47. The normalized spacial score (nSPS) is 15.8. The molecule has 19 heavy (non-hydrogen) atoms. The maximum Gasteiger partial charge on any atom is 0.246 e. The number of nitrogens with one attached hydrogen (secondary N) is 1. The van der Waals surface area contributed by atoms with Gasteiger partial charge in [-0.05, 0) is 40.8 Å². The van der Waals surface area contributed by atoms with Crippen LogP contribution >= 0.6 is 15.9 Å². The highest BCUT2D eigenvalue weighted by Gasteiger charge is 2.32. The SMILES string of the molecule is CCN(CC1CC1)S(=O)(=O)c1cc(Br)cnc1NC. The van der Waals surface area contributed by atoms with Gasteiger partial charge in [-0.2, -0.15) is 4.31 Å². The fourth-order valence-corrected chi connectivity index (χ4v) is 4.11. The highest BCUT2D eigenvalue weighted by molar-refractivity contribution is 9.10. The largest absolute Gasteiger partial charge is 0.372 e. The topological polar surface area (TPSA) is 62.3 Å². The van der Waals surface area contributed by atoms with E-state index in [0.29, 0.717) is 29.3 Å². The molecule has 0 unspecified atom stereocenters. The van der Waals surface area contributed by atoms with E-state index in [9.17, 15) is 8.42 Å². The van der Waals surface area contributed by atoms with E-state index in [-0.39, 0.29) is 4.90 Å². The summed E-state index contributed by atoms with van der Waals surface area (Å²) in [5.41, 5.74) is 0. The number of pyridine rings is 1. The van der Waals surface area contributed by atoms with E-state index in [2.05, 4.69) is 26.2 Å². The highest BCUT2D eigenvalue weighted by Crippen LogP contribution is 2.33. The molecule has 0 aromatic carbocycles. The molecule has 1 aliphatic rings. The molecule has 7 heteroatoms. The molecule has 0 radical (unpaired) electrons. The molecule has 2 rings (SSSR count). The Morgan fingerprint density at radius 1 is 1.53 bits per heavy atom. The van der Waals surface area contributed by atoms with Gasteiger partial charge < -0.3 is 5.32 Å². The average Bonchev–Trinajstić information content (AvgIpc) is 3.19. The van der Waals surface area contributed by atoms with Gasteiger partial charge in [-0.1, -0.05) is 6.92 Å². The Bertz CT molecular complexity index is 558. The van der Waals surface area contributed by atoms with Crippen molar-refractivity contribution in [1.29, 1.82) is 0 Å². The molecule has 1 aliphatic carbocycles. The number of aromatic nitrogens is 1. The van der Waals surface area contributed by atoms with E-state index in [1.54, 1.807) is 19.3 Å². The minimum atomic E-state index is -3.49. The molecule has 106 valence electrons. The smallest absolute Gasteiger partial charge is 0.246 e. The van der Waals surface area contributed by atoms with E-state index in [1.807, 2.05) is 6.92 Å². The quantitative estimate of drug-likeness (QED) is 0.857. The third kappa shape index (κ3) is 3.27. The van der Waals surface area contributed by atoms with Crippen LogP contribution in [0.4, 0.5) is 5.82 Å². The Labute approximate surface area is 122 Å². The number of rotatable bonds is 6. The summed E-state index contributed by atoms with van der Waals surface area (Å²) in [4.78, 5) is 4.34. The van der Waals surface area contributed by atoms with Crippen molar-refractivity contribution < 1.29 is 8.42 Å². The summed E-state index contributed by atoms with van der Waals surface area (Å²) in [5.74, 6) is 0.908. The molecule has 1 aromatic heterocycles. The van der Waals surface area contributed by atoms with E-state index in [0.717, 1.165) is 12.8 Å². The molecule has 0 atom stereocenters. The lowest BCUT2D eigenvalue weighted by molar-refractivity contribution is 0.412. The van der Waals surface area contributed by atoms with Gasteiger partial charge in [-0.3, -0.25) is 0 Å². The van der Waals surface area contributed by atoms with Gasteiger partial charge in [0.1, 0.15) is 10.7 Å². The van der Waals surface area contributed by atoms with Crippen LogP contribution in [0.1, 0.15) is 19.8 Å². The molecule has 1 saturated carbocycles. The number of hydrogen-bond acceptors (Lipinski definition) is 4. The van der Waals surface area contributed by atoms with Crippen LogP contribution in [-0.4, -0.2) is 37.8 Å². The molecule has 1 heterocycles. The van der Waals surface area contributed by atoms with E-state index in [4.69, 9.17) is 0 Å². The summed E-state index contributed by atoms with van der Waals surface area (Å²) in [6, 6.07) is 1.60. The maximum atomic E-state index is 12.7. The standard InChI is InChI=1S/C12H18BrN3O2S/c1-3-16(8-9-4-5-9)19(17,18)11-6-10(13)7-15-12(11)14-2/h6-7,9H,3-5,8H2,1-2H3,(H,14,15). The highest BCUT2D eigenvalue weighted by atomic mass is 79.9. The molecule has 5 nitrogen and oxygen atoms in total. The van der Waals surface area contributed by atoms with Gasteiger partial charge in [0.15, 0.2) is 0 Å². The van der Waals surface area contributed by atoms with Crippen molar-refractivity contribution in [3.8, 4) is 0 Å². The first-order valence-corrected chi connectivity index (χ1v) is 8.55. The monoisotopic (exact) mass is 347 g/mol. The third-order valence-electron chi connectivity index (χ3n) is 3.19. The van der Waals surface area contributed by atoms with E-state index in [1.165, 1.54) is 4.31 Å². The van der Waals surface area contributed by atoms with Gasteiger partial charge in [0.05, 0.1) is 0 Å². The van der Waals surface area contributed by atoms with Gasteiger partial charge in [-0.25, -0.2) is 13.4 Å². The van der Waals surface area contributed by atoms with Crippen molar-refractivity contribution >= 4 is 31.8 Å². The first-order chi connectivity index (χ1) is 8.98. The van der Waals surface area contributed by atoms with Crippen LogP contribution < -0.4 is 5.32 Å². The fourth-order valence-electron chi connectivity index (χ4n) is 1.93. The predicted octanol–water partition coefficient (Wildman–Crippen LogP) is 2.31. The van der Waals surface area contributed by atoms with Crippen LogP contribution in [0.3, 0.4) is 0 Å². The summed E-state index contributed by atoms with van der Waals surface area (Å²) in [5, 5.41) is 2.84. The van der Waals surface area contributed by atoms with E-state index < -0.39 is 10.0 Å². The average molecular weight is 348 g/mol. The van der Waals surface area contributed by atoms with Crippen LogP contribution in [-0.2, 0) is 10.0 Å². The van der Waals surface area contributed by atoms with Crippen LogP contribution in [0.5, 0.6) is 0 Å². The fraction of sp³-hybridized carbons (Fsp3) is 0.583. The van der Waals surface area contributed by atoms with Gasteiger partial charge >= 0.3 is 0 Å². The summed E-state index contributed by atoms with van der Waals surface area (Å²) in [7, 11) is -1.82. The summed E-state index contributed by atoms with van der Waals surface area (Å²) < 4.78 is 27.6. The number of anilines is 1. The second-order valence-corrected chi connectivity index (χ2v) is 7.47. The van der Waals surface area contributed by atoms with Gasteiger partial charge in [0, 0.05) is 30.8 Å². The number of hydrogen-bond donors (Lipinski definition) is 1. The van der Waals surface area contributed by atoms with Crippen molar-refractivity contribution in [1.82, 2.24) is 9.29 Å². The molecule has 0 saturated heterocycles. The molecular weight excluding hydrogens is 330 g/mol. The lowest BCUT2D eigenvalue weighted by Crippen LogP contribution is -2.33. The van der Waals surface area contributed by atoms with Gasteiger partial charge in [0.2, 0.25) is 10.0 Å². The van der Waals surface area contributed by atoms with Crippen LogP contribution in [0.25, 0.3) is 0 Å². The molecule has 1 fully saturated rings. The van der Waals surface area contributed by atoms with Crippen molar-refractivity contribution in [3.63, 3.8) is 0 Å². The molecular formula is C12H18BrN3O2S. The second-order valence-electron chi connectivity index (χ2n) is 4.65. The van der Waals surface area contributed by atoms with Crippen LogP contribution in [0.15, 0.2) is 21.6 Å². The van der Waals surface area contributed by atoms with Gasteiger partial charge in [-0.15, -0.1) is 0 Å². The van der Waals surface area contributed by atoms with Crippen molar-refractivity contribution in [2.45, 2.75) is 24.7 Å². The molecule has 1 N–H and O–H groups in total. The zero-order valence-electron chi connectivity index (χ0n) is 11.1. The molecule has 0 aliphatic heterocycles. The minimum absolute atomic E-state index is 0.229. The maximum absolute atomic E-state index is 12.7. The van der Waals surface area contributed by atoms with Gasteiger partial charge in [0.25, 0.3) is 0 Å². The summed E-state index contributed by atoms with van der Waals surface area (Å²) in [6.07, 6.45) is 3.84. The number of halogens is 1. The first-order valence-electron chi connectivity index (χ1n) is 6.32. The second kappa shape index (κ2) is 5.76. The summed E-state index contributed by atoms with van der Waals surface area (Å²) >= 11 is 3.28. The Morgan fingerprint density at radius 2 is 2.21 bits per heavy atom. The zero-order valence-corrected chi connectivity index (χ0v) is 13.5. The van der Waals surface area contributed by atoms with Crippen LogP contribution in [0, 0.1) is 5.92 Å². The molecule has 0 bridgehead atoms. The van der Waals surface area contributed by atoms with Crippen molar-refractivity contribution in [2.24, 2.45) is 5.92 Å². The lowest BCUT2D eigenvalue weighted by Gasteiger charge is -2.21. The lowest BCUT2D eigenvalue weighted by atomic mass is 10.4. The van der Waals surface area contributed by atoms with Crippen molar-refractivity contribution in [3.05, 3.63) is 16.7 Å². The number of sulfonamides is 1.